The zero-order valence-electron chi connectivity index (χ0n) is 16.3. The highest BCUT2D eigenvalue weighted by molar-refractivity contribution is 7.97. The lowest BCUT2D eigenvalue weighted by Gasteiger charge is -2.24. The maximum Gasteiger partial charge on any atom is 0.229 e. The van der Waals surface area contributed by atoms with Crippen LogP contribution >= 0.6 is 22.9 Å². The standard InChI is InChI=1S/C21H22ClN3O2S2/c1-14(2)21-23-18-10-12-25(29(26,27)19-4-3-13-28-19)11-9-17(18)20(24-21)15-5-7-16(22)8-6-15/h3-8,13-14H,9-12H2,1-2H3. The summed E-state index contributed by atoms with van der Waals surface area (Å²) in [6.45, 7) is 4.97. The summed E-state index contributed by atoms with van der Waals surface area (Å²) in [6, 6.07) is 11.0. The van der Waals surface area contributed by atoms with Gasteiger partial charge in [0.15, 0.2) is 10.4 Å². The van der Waals surface area contributed by atoms with Gasteiger partial charge in [0.05, 0.1) is 12.2 Å². The van der Waals surface area contributed by atoms with E-state index in [-0.39, 0.29) is 5.92 Å². The highest BCUT2D eigenvalue weighted by Crippen LogP contribution is 2.32. The number of nitrogens with zero attached hydrogens (tertiary/aromatic N) is 3. The van der Waals surface area contributed by atoms with Crippen LogP contribution in [-0.2, 0) is 27.5 Å². The molecule has 29 heavy (non-hydrogen) atoms. The summed E-state index contributed by atoms with van der Waals surface area (Å²) in [5.41, 5.74) is 3.83. The van der Waals surface area contributed by atoms with Crippen molar-refractivity contribution in [3.05, 3.63) is 63.9 Å². The van der Waals surface area contributed by atoms with Crippen LogP contribution in [0, 0.1) is 0 Å². The summed E-state index contributed by atoms with van der Waals surface area (Å²) in [4.78, 5) is 9.64. The molecule has 1 atom stereocenters. The summed E-state index contributed by atoms with van der Waals surface area (Å²) in [7, 11) is -3.48. The second kappa shape index (κ2) is 8.24. The van der Waals surface area contributed by atoms with Gasteiger partial charge in [0.2, 0.25) is 4.21 Å². The molecule has 1 aromatic carbocycles. The Hall–Kier alpha value is -1.64. The van der Waals surface area contributed by atoms with Crippen LogP contribution in [0.4, 0.5) is 0 Å². The molecule has 3 heterocycles. The number of thiophene rings is 1. The lowest BCUT2D eigenvalue weighted by Crippen LogP contribution is -2.37. The van der Waals surface area contributed by atoms with Crippen molar-refractivity contribution in [1.29, 1.82) is 0 Å². The van der Waals surface area contributed by atoms with E-state index in [4.69, 9.17) is 21.6 Å². The van der Waals surface area contributed by atoms with Crippen molar-refractivity contribution in [3.8, 4) is 11.3 Å². The van der Waals surface area contributed by atoms with Crippen LogP contribution in [0.1, 0.15) is 36.8 Å². The Balaban J connectivity index is 1.73. The van der Waals surface area contributed by atoms with E-state index in [9.17, 15) is 8.76 Å². The number of fused-ring (bicyclic) bond motifs is 1. The lowest BCUT2D eigenvalue weighted by atomic mass is 10.00. The van der Waals surface area contributed by atoms with Crippen molar-refractivity contribution in [2.45, 2.75) is 36.8 Å². The number of benzene rings is 1. The maximum atomic E-state index is 13.0. The third kappa shape index (κ3) is 4.15. The molecule has 1 aliphatic heterocycles. The smallest absolute Gasteiger partial charge is 0.229 e. The number of aromatic nitrogens is 2. The average Bonchev–Trinajstić information content (AvgIpc) is 3.15. The Kier molecular flexibility index (Phi) is 5.86. The Morgan fingerprint density at radius 3 is 2.52 bits per heavy atom. The van der Waals surface area contributed by atoms with Crippen LogP contribution in [0.25, 0.3) is 11.3 Å². The summed E-state index contributed by atoms with van der Waals surface area (Å²) >= 11 is 7.32. The van der Waals surface area contributed by atoms with Crippen molar-refractivity contribution in [2.24, 2.45) is 0 Å². The molecule has 152 valence electrons. The van der Waals surface area contributed by atoms with E-state index in [2.05, 4.69) is 13.8 Å². The Morgan fingerprint density at radius 2 is 1.86 bits per heavy atom. The minimum absolute atomic E-state index is 0.181. The molecule has 0 radical (unpaired) electrons. The molecule has 0 fully saturated rings. The summed E-state index contributed by atoms with van der Waals surface area (Å²) < 4.78 is 28.0. The monoisotopic (exact) mass is 447 g/mol. The number of hydrogen-bond donors (Lipinski definition) is 0. The topological polar surface area (TPSA) is 69.2 Å². The summed E-state index contributed by atoms with van der Waals surface area (Å²) in [6.07, 6.45) is 1.15. The summed E-state index contributed by atoms with van der Waals surface area (Å²) in [5, 5.41) is 2.46. The predicted octanol–water partition coefficient (Wildman–Crippen LogP) is 4.99. The van der Waals surface area contributed by atoms with Crippen LogP contribution in [0.15, 0.2) is 46.0 Å². The van der Waals surface area contributed by atoms with Crippen LogP contribution in [0.2, 0.25) is 5.02 Å². The van der Waals surface area contributed by atoms with Gasteiger partial charge in [-0.3, -0.25) is 0 Å². The van der Waals surface area contributed by atoms with Crippen molar-refractivity contribution in [2.75, 3.05) is 13.1 Å². The highest BCUT2D eigenvalue weighted by atomic mass is 35.5. The zero-order valence-corrected chi connectivity index (χ0v) is 18.7. The van der Waals surface area contributed by atoms with Gasteiger partial charge >= 0.3 is 0 Å². The molecule has 0 bridgehead atoms. The molecule has 2 aromatic heterocycles. The molecule has 0 aliphatic carbocycles. The normalized spacial score (nSPS) is 17.0. The Bertz CT molecular complexity index is 1050. The minimum atomic E-state index is -3.48. The largest absolute Gasteiger partial charge is 0.592 e. The first kappa shape index (κ1) is 20.6. The first-order valence-electron chi connectivity index (χ1n) is 9.55. The third-order valence-electron chi connectivity index (χ3n) is 5.04. The molecule has 1 aliphatic rings. The quantitative estimate of drug-likeness (QED) is 0.528. The number of rotatable bonds is 4. The average molecular weight is 448 g/mol. The van der Waals surface area contributed by atoms with Crippen LogP contribution in [0.3, 0.4) is 0 Å². The van der Waals surface area contributed by atoms with E-state index in [0.717, 1.165) is 28.3 Å². The van der Waals surface area contributed by atoms with Gasteiger partial charge in [-0.2, -0.15) is 0 Å². The van der Waals surface area contributed by atoms with Gasteiger partial charge in [-0.05, 0) is 30.0 Å². The number of hydrogen-bond acceptors (Lipinski definition) is 5. The molecule has 5 nitrogen and oxygen atoms in total. The van der Waals surface area contributed by atoms with Crippen LogP contribution < -0.4 is 0 Å². The fourth-order valence-electron chi connectivity index (χ4n) is 3.48. The highest BCUT2D eigenvalue weighted by Gasteiger charge is 2.34. The van der Waals surface area contributed by atoms with E-state index in [1.165, 1.54) is 11.3 Å². The molecule has 8 heteroatoms. The minimum Gasteiger partial charge on any atom is -0.592 e. The van der Waals surface area contributed by atoms with Gasteiger partial charge in [0.25, 0.3) is 0 Å². The Labute approximate surface area is 181 Å². The van der Waals surface area contributed by atoms with Crippen LogP contribution in [0.5, 0.6) is 0 Å². The zero-order chi connectivity index (χ0) is 20.6. The van der Waals surface area contributed by atoms with Crippen molar-refractivity contribution < 1.29 is 8.76 Å². The molecule has 0 spiro atoms. The molecule has 0 saturated carbocycles. The van der Waals surface area contributed by atoms with Gasteiger partial charge in [-0.15, -0.1) is 4.31 Å². The predicted molar refractivity (Wildman–Crippen MR) is 117 cm³/mol. The first-order valence-corrected chi connectivity index (χ1v) is 12.3. The summed E-state index contributed by atoms with van der Waals surface area (Å²) in [5.74, 6) is 0.962. The fourth-order valence-corrected chi connectivity index (χ4v) is 6.19. The van der Waals surface area contributed by atoms with Crippen molar-refractivity contribution in [3.63, 3.8) is 0 Å². The third-order valence-corrected chi connectivity index (χ3v) is 8.57. The number of sulfonamides is 1. The molecular formula is C21H22ClN3O2S2. The molecule has 0 saturated heterocycles. The lowest BCUT2D eigenvalue weighted by molar-refractivity contribution is 0.364. The van der Waals surface area contributed by atoms with Gasteiger partial charge in [-0.25, -0.2) is 9.97 Å². The SMILES string of the molecule is CC(C)c1nc2c(c(-c3ccc(Cl)cc3)n1)CCN([S+](=O)([O-])c1cccs1)CC2. The molecule has 0 N–H and O–H groups in total. The maximum absolute atomic E-state index is 13.0. The second-order valence-corrected chi connectivity index (χ2v) is 10.9. The van der Waals surface area contributed by atoms with Crippen LogP contribution in [-0.4, -0.2) is 31.9 Å². The molecule has 0 amide bonds. The molecule has 1 unspecified atom stereocenters. The van der Waals surface area contributed by atoms with Gasteiger partial charge < -0.3 is 4.55 Å². The van der Waals surface area contributed by atoms with Crippen molar-refractivity contribution in [1.82, 2.24) is 14.3 Å². The van der Waals surface area contributed by atoms with E-state index in [1.54, 1.807) is 21.8 Å². The van der Waals surface area contributed by atoms with E-state index in [1.807, 2.05) is 24.3 Å². The Morgan fingerprint density at radius 1 is 1.14 bits per heavy atom. The number of halogens is 1. The van der Waals surface area contributed by atoms with E-state index >= 15 is 0 Å². The van der Waals surface area contributed by atoms with Gasteiger partial charge in [0.1, 0.15) is 5.82 Å². The van der Waals surface area contributed by atoms with Gasteiger partial charge in [-0.1, -0.05) is 53.1 Å². The molecular weight excluding hydrogens is 426 g/mol. The van der Waals surface area contributed by atoms with Gasteiger partial charge in [0, 0.05) is 46.8 Å². The second-order valence-electron chi connectivity index (χ2n) is 7.35. The van der Waals surface area contributed by atoms with E-state index in [0.29, 0.717) is 35.2 Å². The van der Waals surface area contributed by atoms with Crippen molar-refractivity contribution >= 4 is 33.3 Å². The molecule has 4 rings (SSSR count). The molecule has 3 aromatic rings. The first-order chi connectivity index (χ1) is 13.9. The fraction of sp³-hybridized carbons (Fsp3) is 0.333. The van der Waals surface area contributed by atoms with E-state index < -0.39 is 10.4 Å².